The Labute approximate surface area is 168 Å². The molecule has 0 radical (unpaired) electrons. The van der Waals surface area contributed by atoms with Crippen molar-refractivity contribution in [1.82, 2.24) is 10.2 Å². The molecule has 0 saturated carbocycles. The van der Waals surface area contributed by atoms with Gasteiger partial charge in [-0.1, -0.05) is 60.7 Å². The fourth-order valence-electron chi connectivity index (χ4n) is 2.94. The molecule has 0 spiro atoms. The maximum atomic E-state index is 8.71. The zero-order valence-corrected chi connectivity index (χ0v) is 15.7. The van der Waals surface area contributed by atoms with Gasteiger partial charge in [0.2, 0.25) is 12.3 Å². The van der Waals surface area contributed by atoms with Crippen LogP contribution in [0.4, 0.5) is 5.69 Å². The molecule has 0 saturated heterocycles. The van der Waals surface area contributed by atoms with E-state index >= 15 is 0 Å². The number of benzene rings is 3. The second kappa shape index (κ2) is 8.84. The molecule has 4 rings (SSSR count). The summed E-state index contributed by atoms with van der Waals surface area (Å²) in [5, 5.41) is 19.5. The van der Waals surface area contributed by atoms with E-state index < -0.39 is 0 Å². The lowest BCUT2D eigenvalue weighted by Gasteiger charge is -2.13. The van der Waals surface area contributed by atoms with Crippen molar-refractivity contribution in [2.75, 3.05) is 5.32 Å². The third-order valence-corrected chi connectivity index (χ3v) is 4.40. The normalized spacial score (nSPS) is 10.5. The molecule has 0 unspecified atom stereocenters. The van der Waals surface area contributed by atoms with E-state index in [1.54, 1.807) is 0 Å². The molecule has 0 aliphatic rings. The van der Waals surface area contributed by atoms with Gasteiger partial charge in [0.1, 0.15) is 12.4 Å². The first kappa shape index (κ1) is 18.4. The van der Waals surface area contributed by atoms with Crippen LogP contribution in [0.15, 0.2) is 89.7 Å². The number of nitrogens with one attached hydrogen (secondary N) is 2. The largest absolute Gasteiger partial charge is 0.489 e. The van der Waals surface area contributed by atoms with Gasteiger partial charge in [-0.3, -0.25) is 5.41 Å². The van der Waals surface area contributed by atoms with Crippen molar-refractivity contribution < 1.29 is 9.15 Å². The number of hydrogen-bond acceptors (Lipinski definition) is 6. The van der Waals surface area contributed by atoms with Gasteiger partial charge < -0.3 is 14.5 Å². The van der Waals surface area contributed by atoms with Gasteiger partial charge in [0.05, 0.1) is 12.3 Å². The van der Waals surface area contributed by atoms with Crippen molar-refractivity contribution in [1.29, 1.82) is 5.41 Å². The van der Waals surface area contributed by atoms with Crippen molar-refractivity contribution in [2.45, 2.75) is 13.2 Å². The summed E-state index contributed by atoms with van der Waals surface area (Å²) in [7, 11) is 0. The summed E-state index contributed by atoms with van der Waals surface area (Å²) < 4.78 is 11.1. The van der Waals surface area contributed by atoms with Crippen LogP contribution in [-0.4, -0.2) is 15.9 Å². The lowest BCUT2D eigenvalue weighted by Crippen LogP contribution is -2.08. The second-order valence-corrected chi connectivity index (χ2v) is 6.41. The van der Waals surface area contributed by atoms with Crippen molar-refractivity contribution in [2.24, 2.45) is 0 Å². The number of hydrogen-bond donors (Lipinski definition) is 2. The molecular formula is C23H20N4O2. The first-order valence-electron chi connectivity index (χ1n) is 9.23. The molecule has 2 N–H and O–H groups in total. The first-order chi connectivity index (χ1) is 14.3. The van der Waals surface area contributed by atoms with Gasteiger partial charge in [0, 0.05) is 16.8 Å². The van der Waals surface area contributed by atoms with Gasteiger partial charge in [-0.25, -0.2) is 0 Å². The molecule has 0 bridgehead atoms. The van der Waals surface area contributed by atoms with Crippen LogP contribution in [0.2, 0.25) is 0 Å². The van der Waals surface area contributed by atoms with E-state index in [9.17, 15) is 0 Å². The predicted octanol–water partition coefficient (Wildman–Crippen LogP) is 4.68. The number of rotatable bonds is 8. The van der Waals surface area contributed by atoms with E-state index in [1.807, 2.05) is 78.9 Å². The average molecular weight is 384 g/mol. The summed E-state index contributed by atoms with van der Waals surface area (Å²) in [6.45, 7) is 0.879. The highest BCUT2D eigenvalue weighted by molar-refractivity contribution is 6.14. The Balaban J connectivity index is 1.49. The van der Waals surface area contributed by atoms with Crippen LogP contribution in [0.3, 0.4) is 0 Å². The van der Waals surface area contributed by atoms with E-state index in [-0.39, 0.29) is 0 Å². The summed E-state index contributed by atoms with van der Waals surface area (Å²) in [6.07, 6.45) is 1.30. The third-order valence-electron chi connectivity index (χ3n) is 4.40. The molecular weight excluding hydrogens is 364 g/mol. The average Bonchev–Trinajstić information content (AvgIpc) is 3.31. The molecule has 0 aliphatic carbocycles. The zero-order chi connectivity index (χ0) is 19.9. The van der Waals surface area contributed by atoms with E-state index in [0.29, 0.717) is 24.8 Å². The van der Waals surface area contributed by atoms with Crippen LogP contribution >= 0.6 is 0 Å². The SMILES string of the molecule is N=C(c1cccc(OCc2ccccc2)c1)c1ccccc1NCc1nnco1. The highest BCUT2D eigenvalue weighted by atomic mass is 16.5. The monoisotopic (exact) mass is 384 g/mol. The van der Waals surface area contributed by atoms with Crippen molar-refractivity contribution in [3.05, 3.63) is 108 Å². The predicted molar refractivity (Wildman–Crippen MR) is 111 cm³/mol. The van der Waals surface area contributed by atoms with Gasteiger partial charge in [0.15, 0.2) is 0 Å². The summed E-state index contributed by atoms with van der Waals surface area (Å²) in [4.78, 5) is 0. The molecule has 29 heavy (non-hydrogen) atoms. The van der Waals surface area contributed by atoms with Crippen LogP contribution in [0, 0.1) is 5.41 Å². The van der Waals surface area contributed by atoms with Crippen molar-refractivity contribution in [3.8, 4) is 5.75 Å². The minimum atomic E-state index is 0.393. The fraction of sp³-hybridized carbons (Fsp3) is 0.0870. The molecule has 4 aromatic rings. The smallest absolute Gasteiger partial charge is 0.235 e. The summed E-state index contributed by atoms with van der Waals surface area (Å²) in [5.41, 5.74) is 3.90. The van der Waals surface area contributed by atoms with Gasteiger partial charge >= 0.3 is 0 Å². The van der Waals surface area contributed by atoms with Crippen LogP contribution in [-0.2, 0) is 13.2 Å². The standard InChI is InChI=1S/C23H20N4O2/c24-23(20-11-4-5-12-21(20)25-14-22-27-26-16-29-22)18-9-6-10-19(13-18)28-15-17-7-2-1-3-8-17/h1-13,16,24-25H,14-15H2. The quantitative estimate of drug-likeness (QED) is 0.431. The Hall–Kier alpha value is -3.93. The van der Waals surface area contributed by atoms with Crippen LogP contribution < -0.4 is 10.1 Å². The topological polar surface area (TPSA) is 84.0 Å². The number of anilines is 1. The summed E-state index contributed by atoms with van der Waals surface area (Å²) >= 11 is 0. The Morgan fingerprint density at radius 2 is 1.79 bits per heavy atom. The molecule has 6 nitrogen and oxygen atoms in total. The highest BCUT2D eigenvalue weighted by Gasteiger charge is 2.11. The summed E-state index contributed by atoms with van der Waals surface area (Å²) in [6, 6.07) is 25.3. The Morgan fingerprint density at radius 1 is 0.966 bits per heavy atom. The van der Waals surface area contributed by atoms with Gasteiger partial charge in [0.25, 0.3) is 0 Å². The Morgan fingerprint density at radius 3 is 2.62 bits per heavy atom. The van der Waals surface area contributed by atoms with E-state index in [2.05, 4.69) is 15.5 Å². The van der Waals surface area contributed by atoms with Gasteiger partial charge in [-0.05, 0) is 23.8 Å². The molecule has 0 aliphatic heterocycles. The van der Waals surface area contributed by atoms with Crippen LogP contribution in [0.1, 0.15) is 22.6 Å². The summed E-state index contributed by atoms with van der Waals surface area (Å²) in [5.74, 6) is 1.22. The Bertz CT molecular complexity index is 1080. The molecule has 3 aromatic carbocycles. The number of aromatic nitrogens is 2. The highest BCUT2D eigenvalue weighted by Crippen LogP contribution is 2.22. The van der Waals surface area contributed by atoms with Crippen LogP contribution in [0.5, 0.6) is 5.75 Å². The van der Waals surface area contributed by atoms with Crippen LogP contribution in [0.25, 0.3) is 0 Å². The molecule has 0 amide bonds. The lowest BCUT2D eigenvalue weighted by molar-refractivity contribution is 0.306. The van der Waals surface area contributed by atoms with E-state index in [4.69, 9.17) is 14.6 Å². The van der Waals surface area contributed by atoms with Crippen molar-refractivity contribution >= 4 is 11.4 Å². The van der Waals surface area contributed by atoms with Gasteiger partial charge in [-0.15, -0.1) is 10.2 Å². The number of para-hydroxylation sites is 1. The second-order valence-electron chi connectivity index (χ2n) is 6.41. The number of nitrogens with zero attached hydrogens (tertiary/aromatic N) is 2. The molecule has 1 aromatic heterocycles. The maximum Gasteiger partial charge on any atom is 0.235 e. The lowest BCUT2D eigenvalue weighted by atomic mass is 10.0. The van der Waals surface area contributed by atoms with E-state index in [1.165, 1.54) is 6.39 Å². The zero-order valence-electron chi connectivity index (χ0n) is 15.7. The molecule has 1 heterocycles. The Kier molecular flexibility index (Phi) is 5.62. The van der Waals surface area contributed by atoms with Crippen molar-refractivity contribution in [3.63, 3.8) is 0 Å². The maximum absolute atomic E-state index is 8.71. The van der Waals surface area contributed by atoms with E-state index in [0.717, 1.165) is 28.1 Å². The minimum Gasteiger partial charge on any atom is -0.489 e. The third kappa shape index (κ3) is 4.68. The molecule has 144 valence electrons. The molecule has 0 fully saturated rings. The number of ether oxygens (including phenoxy) is 1. The first-order valence-corrected chi connectivity index (χ1v) is 9.23. The van der Waals surface area contributed by atoms with Gasteiger partial charge in [-0.2, -0.15) is 0 Å². The molecule has 6 heteroatoms. The fourth-order valence-corrected chi connectivity index (χ4v) is 2.94. The molecule has 0 atom stereocenters. The minimum absolute atomic E-state index is 0.393.